The number of aliphatic hydroxyl groups is 1. The summed E-state index contributed by atoms with van der Waals surface area (Å²) in [6.45, 7) is 11.6. The monoisotopic (exact) mass is 771 g/mol. The molecule has 3 amide bonds. The van der Waals surface area contributed by atoms with E-state index in [2.05, 4.69) is 40.9 Å². The minimum Gasteiger partial charge on any atom is -0.459 e. The van der Waals surface area contributed by atoms with E-state index in [0.29, 0.717) is 50.1 Å². The van der Waals surface area contributed by atoms with Gasteiger partial charge in [0, 0.05) is 45.6 Å². The fourth-order valence-corrected chi connectivity index (χ4v) is 6.98. The highest BCUT2D eigenvalue weighted by Crippen LogP contribution is 2.43. The lowest BCUT2D eigenvalue weighted by Crippen LogP contribution is -2.53. The molecule has 262 valence electrons. The molecule has 47 heavy (non-hydrogen) atoms. The van der Waals surface area contributed by atoms with Crippen LogP contribution in [0.3, 0.4) is 0 Å². The predicted octanol–water partition coefficient (Wildman–Crippen LogP) is 2.47. The van der Waals surface area contributed by atoms with Crippen molar-refractivity contribution in [1.29, 1.82) is 0 Å². The lowest BCUT2D eigenvalue weighted by molar-refractivity contribution is -0.153. The normalized spacial score (nSPS) is 33.7. The smallest absolute Gasteiger partial charge is 0.303 e. The number of halogens is 1. The van der Waals surface area contributed by atoms with Gasteiger partial charge in [0.05, 0.1) is 41.8 Å². The first kappa shape index (κ1) is 37.5. The van der Waals surface area contributed by atoms with Crippen molar-refractivity contribution in [2.24, 2.45) is 5.92 Å². The van der Waals surface area contributed by atoms with Crippen LogP contribution in [0.4, 0.5) is 0 Å². The largest absolute Gasteiger partial charge is 0.459 e. The standard InChI is InChI=1S/C34H50IN3O9/c1-21(6-9-28-22(2)16-27(24(4)46-28)36-30(40)11-8-23(3)45-25(5)39)7-10-29-33(43)34(20-44-34)18-26(47-29)17-31(41)37-12-14-38(15-13-37)32(42)19-35/h6-8,10-11,22-24,26-29,33,43H,9,12-20H2,1-5H3,(H,36,40)/b10-7+,11-8-,21-6+/t22-,23-,24+,26+,27+,28-,29+,33+,34+/m0/s1. The molecular weight excluding hydrogens is 721 g/mol. The lowest BCUT2D eigenvalue weighted by atomic mass is 9.87. The summed E-state index contributed by atoms with van der Waals surface area (Å²) < 4.78 is 23.7. The molecule has 0 aromatic heterocycles. The van der Waals surface area contributed by atoms with Gasteiger partial charge in [-0.15, -0.1) is 0 Å². The number of aliphatic hydroxyl groups excluding tert-OH is 1. The number of alkyl halides is 1. The van der Waals surface area contributed by atoms with Gasteiger partial charge in [-0.05, 0) is 45.6 Å². The topological polar surface area (TPSA) is 147 Å². The van der Waals surface area contributed by atoms with Gasteiger partial charge in [0.15, 0.2) is 0 Å². The number of ether oxygens (including phenoxy) is 4. The molecule has 0 radical (unpaired) electrons. The van der Waals surface area contributed by atoms with E-state index in [4.69, 9.17) is 18.9 Å². The minimum atomic E-state index is -0.824. The SMILES string of the molecule is CC(=O)O[C@@H](C)/C=C\C(=O)N[C@@H]1C[C@H](C)[C@H](C/C=C(C)/C=C/[C@H]2O[C@H](CC(=O)N3CCN(C(=O)CI)CC3)C[C@@]3(CO3)[C@@H]2O)O[C@@H]1C. The molecule has 2 N–H and O–H groups in total. The molecule has 4 heterocycles. The molecule has 0 unspecified atom stereocenters. The van der Waals surface area contributed by atoms with Crippen LogP contribution >= 0.6 is 22.6 Å². The van der Waals surface area contributed by atoms with Crippen LogP contribution in [0, 0.1) is 5.92 Å². The Morgan fingerprint density at radius 1 is 1.06 bits per heavy atom. The maximum atomic E-state index is 13.1. The third kappa shape index (κ3) is 10.6. The average Bonchev–Trinajstić information content (AvgIpc) is 3.81. The Kier molecular flexibility index (Phi) is 13.4. The molecule has 12 nitrogen and oxygen atoms in total. The Morgan fingerprint density at radius 3 is 2.34 bits per heavy atom. The summed E-state index contributed by atoms with van der Waals surface area (Å²) in [4.78, 5) is 52.2. The molecule has 0 aromatic rings. The number of rotatable bonds is 11. The number of nitrogens with zero attached hydrogens (tertiary/aromatic N) is 2. The number of carbonyl (C=O) groups excluding carboxylic acids is 4. The molecule has 4 aliphatic rings. The number of amides is 3. The Bertz CT molecular complexity index is 1230. The Hall–Kier alpha value is -2.33. The maximum Gasteiger partial charge on any atom is 0.303 e. The molecule has 0 aromatic carbocycles. The highest BCUT2D eigenvalue weighted by molar-refractivity contribution is 14.1. The number of allylic oxidation sites excluding steroid dienone is 2. The van der Waals surface area contributed by atoms with Crippen molar-refractivity contribution in [2.45, 2.75) is 109 Å². The quantitative estimate of drug-likeness (QED) is 0.0808. The van der Waals surface area contributed by atoms with Crippen LogP contribution in [-0.2, 0) is 38.1 Å². The summed E-state index contributed by atoms with van der Waals surface area (Å²) in [5.74, 6) is -0.362. The predicted molar refractivity (Wildman–Crippen MR) is 183 cm³/mol. The molecule has 1 spiro atoms. The Labute approximate surface area is 291 Å². The second-order valence-electron chi connectivity index (χ2n) is 13.2. The summed E-state index contributed by atoms with van der Waals surface area (Å²) in [5, 5.41) is 14.0. The molecule has 0 aliphatic carbocycles. The summed E-state index contributed by atoms with van der Waals surface area (Å²) in [6, 6.07) is -0.135. The van der Waals surface area contributed by atoms with Crippen molar-refractivity contribution in [3.8, 4) is 0 Å². The number of hydrogen-bond donors (Lipinski definition) is 2. The highest BCUT2D eigenvalue weighted by atomic mass is 127. The van der Waals surface area contributed by atoms with Crippen LogP contribution in [0.15, 0.2) is 36.0 Å². The second-order valence-corrected chi connectivity index (χ2v) is 14.0. The highest BCUT2D eigenvalue weighted by Gasteiger charge is 2.58. The van der Waals surface area contributed by atoms with Crippen molar-refractivity contribution in [3.05, 3.63) is 36.0 Å². The van der Waals surface area contributed by atoms with Gasteiger partial charge >= 0.3 is 5.97 Å². The lowest BCUT2D eigenvalue weighted by Gasteiger charge is -2.39. The fourth-order valence-electron chi connectivity index (χ4n) is 6.50. The van der Waals surface area contributed by atoms with Crippen molar-refractivity contribution in [2.75, 3.05) is 37.2 Å². The molecular formula is C34H50IN3O9. The number of nitrogens with one attached hydrogen (secondary N) is 1. The van der Waals surface area contributed by atoms with E-state index >= 15 is 0 Å². The van der Waals surface area contributed by atoms with E-state index in [9.17, 15) is 24.3 Å². The molecule has 0 bridgehead atoms. The van der Waals surface area contributed by atoms with Crippen LogP contribution in [-0.4, -0.2) is 124 Å². The second kappa shape index (κ2) is 16.9. The summed E-state index contributed by atoms with van der Waals surface area (Å²) in [6.07, 6.45) is 8.47. The fraction of sp³-hybridized carbons (Fsp3) is 0.706. The Morgan fingerprint density at radius 2 is 1.72 bits per heavy atom. The molecule has 4 aliphatic heterocycles. The van der Waals surface area contributed by atoms with Crippen LogP contribution in [0.1, 0.15) is 60.3 Å². The maximum absolute atomic E-state index is 13.1. The van der Waals surface area contributed by atoms with Crippen LogP contribution < -0.4 is 5.32 Å². The van der Waals surface area contributed by atoms with Gasteiger partial charge in [-0.1, -0.05) is 53.3 Å². The third-order valence-corrected chi connectivity index (χ3v) is 10.1. The van der Waals surface area contributed by atoms with Crippen molar-refractivity contribution in [3.63, 3.8) is 0 Å². The van der Waals surface area contributed by atoms with Gasteiger partial charge in [-0.2, -0.15) is 0 Å². The van der Waals surface area contributed by atoms with Crippen LogP contribution in [0.2, 0.25) is 0 Å². The van der Waals surface area contributed by atoms with Gasteiger partial charge < -0.3 is 39.2 Å². The zero-order chi connectivity index (χ0) is 34.3. The third-order valence-electron chi connectivity index (χ3n) is 9.43. The number of epoxide rings is 1. The van der Waals surface area contributed by atoms with E-state index in [1.165, 1.54) is 13.0 Å². The first-order valence-corrected chi connectivity index (χ1v) is 18.1. The minimum absolute atomic E-state index is 0.00877. The zero-order valence-electron chi connectivity index (χ0n) is 28.1. The van der Waals surface area contributed by atoms with Gasteiger partial charge in [-0.25, -0.2) is 0 Å². The molecule has 13 heteroatoms. The van der Waals surface area contributed by atoms with E-state index in [1.807, 2.05) is 26.0 Å². The van der Waals surface area contributed by atoms with Crippen molar-refractivity contribution >= 4 is 46.3 Å². The summed E-state index contributed by atoms with van der Waals surface area (Å²) in [7, 11) is 0. The number of carbonyl (C=O) groups is 4. The molecule has 9 atom stereocenters. The zero-order valence-corrected chi connectivity index (χ0v) is 30.2. The van der Waals surface area contributed by atoms with Crippen LogP contribution in [0.5, 0.6) is 0 Å². The van der Waals surface area contributed by atoms with Gasteiger partial charge in [0.25, 0.3) is 0 Å². The van der Waals surface area contributed by atoms with Gasteiger partial charge in [-0.3, -0.25) is 19.2 Å². The van der Waals surface area contributed by atoms with Crippen LogP contribution in [0.25, 0.3) is 0 Å². The molecule has 4 saturated heterocycles. The first-order chi connectivity index (χ1) is 22.3. The number of esters is 1. The van der Waals surface area contributed by atoms with Gasteiger partial charge in [0.2, 0.25) is 17.7 Å². The van der Waals surface area contributed by atoms with E-state index in [1.54, 1.807) is 22.8 Å². The number of hydrogen-bond acceptors (Lipinski definition) is 9. The van der Waals surface area contributed by atoms with Gasteiger partial charge in [0.1, 0.15) is 23.9 Å². The van der Waals surface area contributed by atoms with E-state index in [0.717, 1.165) is 12.0 Å². The van der Waals surface area contributed by atoms with E-state index in [-0.39, 0.29) is 54.4 Å². The summed E-state index contributed by atoms with van der Waals surface area (Å²) >= 11 is 2.06. The summed E-state index contributed by atoms with van der Waals surface area (Å²) in [5.41, 5.74) is 0.319. The van der Waals surface area contributed by atoms with Crippen molar-refractivity contribution in [1.82, 2.24) is 15.1 Å². The molecule has 0 saturated carbocycles. The number of piperazine rings is 1. The molecule has 4 fully saturated rings. The first-order valence-electron chi connectivity index (χ1n) is 16.6. The Balaban J connectivity index is 1.25. The van der Waals surface area contributed by atoms with Crippen molar-refractivity contribution < 1.29 is 43.2 Å². The van der Waals surface area contributed by atoms with E-state index < -0.39 is 29.9 Å². The average molecular weight is 772 g/mol. The molecule has 4 rings (SSSR count).